The van der Waals surface area contributed by atoms with E-state index in [1.165, 1.54) is 6.07 Å². The smallest absolute Gasteiger partial charge is 0.146 e. The average molecular weight is 182 g/mol. The van der Waals surface area contributed by atoms with Gasteiger partial charge in [-0.3, -0.25) is 4.98 Å². The Morgan fingerprint density at radius 3 is 2.62 bits per heavy atom. The molecule has 0 saturated heterocycles. The van der Waals surface area contributed by atoms with Gasteiger partial charge >= 0.3 is 0 Å². The first-order valence-electron chi connectivity index (χ1n) is 4.42. The van der Waals surface area contributed by atoms with Crippen LogP contribution in [0.3, 0.4) is 0 Å². The van der Waals surface area contributed by atoms with E-state index in [4.69, 9.17) is 0 Å². The van der Waals surface area contributed by atoms with E-state index in [-0.39, 0.29) is 5.82 Å². The fourth-order valence-electron chi connectivity index (χ4n) is 1.14. The molecule has 1 rings (SSSR count). The van der Waals surface area contributed by atoms with Gasteiger partial charge in [0.25, 0.3) is 0 Å². The molecule has 0 amide bonds. The summed E-state index contributed by atoms with van der Waals surface area (Å²) in [5, 5.41) is 0. The van der Waals surface area contributed by atoms with Gasteiger partial charge < -0.3 is 4.90 Å². The van der Waals surface area contributed by atoms with Gasteiger partial charge in [-0.15, -0.1) is 0 Å². The number of nitrogens with zero attached hydrogens (tertiary/aromatic N) is 2. The van der Waals surface area contributed by atoms with Crippen LogP contribution in [0.1, 0.15) is 18.3 Å². The Morgan fingerprint density at radius 2 is 2.08 bits per heavy atom. The van der Waals surface area contributed by atoms with Crippen LogP contribution >= 0.6 is 0 Å². The number of rotatable bonds is 3. The zero-order valence-corrected chi connectivity index (χ0v) is 8.34. The molecule has 1 aromatic heterocycles. The molecule has 3 heteroatoms. The van der Waals surface area contributed by atoms with Crippen molar-refractivity contribution in [1.29, 1.82) is 0 Å². The lowest BCUT2D eigenvalue weighted by Gasteiger charge is -2.10. The van der Waals surface area contributed by atoms with Crippen molar-refractivity contribution in [2.24, 2.45) is 0 Å². The van der Waals surface area contributed by atoms with Crippen molar-refractivity contribution in [2.75, 3.05) is 14.1 Å². The number of aromatic nitrogens is 1. The van der Waals surface area contributed by atoms with Crippen LogP contribution in [0, 0.1) is 5.82 Å². The standard InChI is InChI=1S/C10H15FN2/c1-4-8-5-6-9(11)10(12-8)7-13(2)3/h5-6H,4,7H2,1-3H3. The van der Waals surface area contributed by atoms with Gasteiger partial charge in [-0.05, 0) is 32.6 Å². The maximum absolute atomic E-state index is 13.2. The predicted octanol–water partition coefficient (Wildman–Crippen LogP) is 1.84. The third-order valence-electron chi connectivity index (χ3n) is 1.80. The van der Waals surface area contributed by atoms with Gasteiger partial charge in [0.15, 0.2) is 0 Å². The number of halogens is 1. The van der Waals surface area contributed by atoms with Crippen LogP contribution in [-0.2, 0) is 13.0 Å². The van der Waals surface area contributed by atoms with Crippen molar-refractivity contribution in [1.82, 2.24) is 9.88 Å². The van der Waals surface area contributed by atoms with E-state index < -0.39 is 0 Å². The molecular formula is C10H15FN2. The maximum Gasteiger partial charge on any atom is 0.146 e. The van der Waals surface area contributed by atoms with E-state index in [2.05, 4.69) is 4.98 Å². The Labute approximate surface area is 78.4 Å². The second kappa shape index (κ2) is 4.33. The summed E-state index contributed by atoms with van der Waals surface area (Å²) in [6.07, 6.45) is 0.848. The van der Waals surface area contributed by atoms with Crippen LogP contribution in [0.25, 0.3) is 0 Å². The lowest BCUT2D eigenvalue weighted by atomic mass is 10.2. The molecule has 0 fully saturated rings. The highest BCUT2D eigenvalue weighted by molar-refractivity contribution is 5.13. The molecule has 1 aromatic rings. The quantitative estimate of drug-likeness (QED) is 0.709. The van der Waals surface area contributed by atoms with Crippen LogP contribution in [-0.4, -0.2) is 24.0 Å². The van der Waals surface area contributed by atoms with Crippen molar-refractivity contribution < 1.29 is 4.39 Å². The van der Waals surface area contributed by atoms with Crippen molar-refractivity contribution in [2.45, 2.75) is 19.9 Å². The van der Waals surface area contributed by atoms with Gasteiger partial charge in [0, 0.05) is 12.2 Å². The second-order valence-electron chi connectivity index (χ2n) is 3.32. The van der Waals surface area contributed by atoms with Crippen LogP contribution in [0.15, 0.2) is 12.1 Å². The normalized spacial score (nSPS) is 10.8. The molecule has 1 heterocycles. The van der Waals surface area contributed by atoms with Crippen LogP contribution < -0.4 is 0 Å². The number of hydrogen-bond acceptors (Lipinski definition) is 2. The highest BCUT2D eigenvalue weighted by Crippen LogP contribution is 2.07. The summed E-state index contributed by atoms with van der Waals surface area (Å²) >= 11 is 0. The first-order chi connectivity index (χ1) is 6.13. The molecule has 0 bridgehead atoms. The Morgan fingerprint density at radius 1 is 1.38 bits per heavy atom. The summed E-state index contributed by atoms with van der Waals surface area (Å²) in [6.45, 7) is 2.57. The van der Waals surface area contributed by atoms with Crippen LogP contribution in [0.5, 0.6) is 0 Å². The molecule has 0 aliphatic heterocycles. The largest absolute Gasteiger partial charge is 0.303 e. The number of aryl methyl sites for hydroxylation is 1. The van der Waals surface area contributed by atoms with E-state index in [0.717, 1.165) is 12.1 Å². The van der Waals surface area contributed by atoms with Crippen molar-refractivity contribution in [3.63, 3.8) is 0 Å². The van der Waals surface area contributed by atoms with Gasteiger partial charge in [0.1, 0.15) is 5.82 Å². The van der Waals surface area contributed by atoms with E-state index in [9.17, 15) is 4.39 Å². The van der Waals surface area contributed by atoms with Crippen molar-refractivity contribution in [3.05, 3.63) is 29.3 Å². The third-order valence-corrected chi connectivity index (χ3v) is 1.80. The summed E-state index contributed by atoms with van der Waals surface area (Å²) in [6, 6.07) is 3.22. The topological polar surface area (TPSA) is 16.1 Å². The summed E-state index contributed by atoms with van der Waals surface area (Å²) in [5.74, 6) is -0.217. The first kappa shape index (κ1) is 10.1. The molecule has 72 valence electrons. The van der Waals surface area contributed by atoms with Gasteiger partial charge in [0.05, 0.1) is 5.69 Å². The maximum atomic E-state index is 13.2. The second-order valence-corrected chi connectivity index (χ2v) is 3.32. The average Bonchev–Trinajstić information content (AvgIpc) is 2.08. The molecule has 0 atom stereocenters. The van der Waals surface area contributed by atoms with E-state index in [1.54, 1.807) is 6.07 Å². The van der Waals surface area contributed by atoms with Gasteiger partial charge in [-0.25, -0.2) is 4.39 Å². The molecule has 13 heavy (non-hydrogen) atoms. The Hall–Kier alpha value is -0.960. The first-order valence-corrected chi connectivity index (χ1v) is 4.42. The Kier molecular flexibility index (Phi) is 3.37. The fourth-order valence-corrected chi connectivity index (χ4v) is 1.14. The summed E-state index contributed by atoms with van der Waals surface area (Å²) < 4.78 is 13.2. The molecular weight excluding hydrogens is 167 g/mol. The van der Waals surface area contributed by atoms with E-state index in [1.807, 2.05) is 25.9 Å². The molecule has 0 aliphatic rings. The zero-order chi connectivity index (χ0) is 9.84. The lowest BCUT2D eigenvalue weighted by Crippen LogP contribution is -2.14. The highest BCUT2D eigenvalue weighted by atomic mass is 19.1. The minimum Gasteiger partial charge on any atom is -0.303 e. The lowest BCUT2D eigenvalue weighted by molar-refractivity contribution is 0.385. The summed E-state index contributed by atoms with van der Waals surface area (Å²) in [5.41, 5.74) is 1.47. The molecule has 0 radical (unpaired) electrons. The molecule has 0 unspecified atom stereocenters. The fraction of sp³-hybridized carbons (Fsp3) is 0.500. The number of pyridine rings is 1. The molecule has 0 aromatic carbocycles. The molecule has 0 aliphatic carbocycles. The SMILES string of the molecule is CCc1ccc(F)c(CN(C)C)n1. The Bertz CT molecular complexity index is 284. The van der Waals surface area contributed by atoms with Gasteiger partial charge in [0.2, 0.25) is 0 Å². The minimum absolute atomic E-state index is 0.217. The monoisotopic (exact) mass is 182 g/mol. The van der Waals surface area contributed by atoms with Crippen LogP contribution in [0.2, 0.25) is 0 Å². The van der Waals surface area contributed by atoms with E-state index >= 15 is 0 Å². The number of hydrogen-bond donors (Lipinski definition) is 0. The van der Waals surface area contributed by atoms with Crippen molar-refractivity contribution >= 4 is 0 Å². The van der Waals surface area contributed by atoms with Gasteiger partial charge in [-0.2, -0.15) is 0 Å². The van der Waals surface area contributed by atoms with Gasteiger partial charge in [-0.1, -0.05) is 6.92 Å². The molecule has 0 spiro atoms. The molecule has 0 N–H and O–H groups in total. The third kappa shape index (κ3) is 2.77. The Balaban J connectivity index is 2.90. The summed E-state index contributed by atoms with van der Waals surface area (Å²) in [4.78, 5) is 6.12. The zero-order valence-electron chi connectivity index (χ0n) is 8.34. The molecule has 2 nitrogen and oxygen atoms in total. The van der Waals surface area contributed by atoms with E-state index in [0.29, 0.717) is 12.2 Å². The predicted molar refractivity (Wildman–Crippen MR) is 51.0 cm³/mol. The van der Waals surface area contributed by atoms with Crippen LogP contribution in [0.4, 0.5) is 4.39 Å². The van der Waals surface area contributed by atoms with Crippen molar-refractivity contribution in [3.8, 4) is 0 Å². The minimum atomic E-state index is -0.217. The molecule has 0 saturated carbocycles. The highest BCUT2D eigenvalue weighted by Gasteiger charge is 2.05. The summed E-state index contributed by atoms with van der Waals surface area (Å²) in [7, 11) is 3.81.